The molecule has 1 heterocycles. The molecule has 1 aromatic heterocycles. The molecule has 18 heavy (non-hydrogen) atoms. The van der Waals surface area contributed by atoms with Gasteiger partial charge in [0, 0.05) is 15.4 Å². The van der Waals surface area contributed by atoms with Crippen molar-refractivity contribution in [2.24, 2.45) is 17.8 Å². The molecule has 102 valence electrons. The van der Waals surface area contributed by atoms with Crippen LogP contribution < -0.4 is 5.32 Å². The van der Waals surface area contributed by atoms with Gasteiger partial charge in [-0.2, -0.15) is 0 Å². The summed E-state index contributed by atoms with van der Waals surface area (Å²) in [5, 5.41) is 3.54. The summed E-state index contributed by atoms with van der Waals surface area (Å²) in [7, 11) is 2.09. The van der Waals surface area contributed by atoms with Crippen molar-refractivity contribution in [3.8, 4) is 0 Å². The summed E-state index contributed by atoms with van der Waals surface area (Å²) >= 11 is 9.05. The minimum Gasteiger partial charge on any atom is -0.312 e. The van der Waals surface area contributed by atoms with Gasteiger partial charge < -0.3 is 5.32 Å². The van der Waals surface area contributed by atoms with Crippen LogP contribution in [0.2, 0.25) is 0 Å². The quantitative estimate of drug-likeness (QED) is 0.702. The Morgan fingerprint density at radius 1 is 1.22 bits per heavy atom. The van der Waals surface area contributed by atoms with Crippen LogP contribution in [0.5, 0.6) is 0 Å². The first-order chi connectivity index (χ1) is 8.51. The fraction of sp³-hybridized carbons (Fsp3) is 0.714. The Kier molecular flexibility index (Phi) is 5.32. The van der Waals surface area contributed by atoms with E-state index in [0.717, 1.165) is 17.8 Å². The zero-order chi connectivity index (χ0) is 13.3. The summed E-state index contributed by atoms with van der Waals surface area (Å²) in [6.45, 7) is 4.80. The molecule has 0 aliphatic heterocycles. The molecule has 1 N–H and O–H groups in total. The molecule has 0 radical (unpaired) electrons. The average molecular weight is 395 g/mol. The fourth-order valence-electron chi connectivity index (χ4n) is 3.41. The first kappa shape index (κ1) is 15.0. The van der Waals surface area contributed by atoms with Gasteiger partial charge in [0.15, 0.2) is 0 Å². The van der Waals surface area contributed by atoms with E-state index in [-0.39, 0.29) is 0 Å². The van der Waals surface area contributed by atoms with Crippen LogP contribution in [-0.2, 0) is 0 Å². The van der Waals surface area contributed by atoms with Crippen molar-refractivity contribution < 1.29 is 0 Å². The number of thiophene rings is 1. The number of hydrogen-bond acceptors (Lipinski definition) is 2. The van der Waals surface area contributed by atoms with E-state index < -0.39 is 0 Å². The lowest BCUT2D eigenvalue weighted by Crippen LogP contribution is -2.30. The van der Waals surface area contributed by atoms with E-state index in [0.29, 0.717) is 6.04 Å². The molecule has 1 saturated carbocycles. The van der Waals surface area contributed by atoms with Crippen molar-refractivity contribution in [3.05, 3.63) is 19.2 Å². The third kappa shape index (κ3) is 3.38. The Bertz CT molecular complexity index is 375. The smallest absolute Gasteiger partial charge is 0.0843 e. The molecule has 1 aliphatic rings. The van der Waals surface area contributed by atoms with Crippen LogP contribution in [0.15, 0.2) is 14.3 Å². The van der Waals surface area contributed by atoms with Gasteiger partial charge in [0.05, 0.1) is 3.79 Å². The molecule has 0 bridgehead atoms. The van der Waals surface area contributed by atoms with E-state index in [4.69, 9.17) is 0 Å². The molecular weight excluding hydrogens is 374 g/mol. The highest BCUT2D eigenvalue weighted by Crippen LogP contribution is 2.43. The first-order valence-electron chi connectivity index (χ1n) is 6.63. The van der Waals surface area contributed by atoms with Crippen molar-refractivity contribution in [1.29, 1.82) is 0 Å². The topological polar surface area (TPSA) is 12.0 Å². The molecular formula is C14H21Br2NS. The second-order valence-electron chi connectivity index (χ2n) is 5.71. The molecule has 0 saturated heterocycles. The molecule has 3 unspecified atom stereocenters. The van der Waals surface area contributed by atoms with Crippen LogP contribution in [0.4, 0.5) is 0 Å². The first-order valence-corrected chi connectivity index (χ1v) is 9.03. The van der Waals surface area contributed by atoms with Gasteiger partial charge in [-0.25, -0.2) is 0 Å². The fourth-order valence-corrected chi connectivity index (χ4v) is 5.70. The number of hydrogen-bond donors (Lipinski definition) is 1. The van der Waals surface area contributed by atoms with E-state index in [1.807, 2.05) is 11.3 Å². The van der Waals surface area contributed by atoms with Crippen molar-refractivity contribution in [2.75, 3.05) is 7.05 Å². The highest BCUT2D eigenvalue weighted by molar-refractivity contribution is 9.13. The van der Waals surface area contributed by atoms with Crippen molar-refractivity contribution in [3.63, 3.8) is 0 Å². The summed E-state index contributed by atoms with van der Waals surface area (Å²) in [6.07, 6.45) is 4.09. The van der Waals surface area contributed by atoms with Gasteiger partial charge in [0.25, 0.3) is 0 Å². The molecule has 3 atom stereocenters. The predicted octanol–water partition coefficient (Wildman–Crippen LogP) is 5.61. The van der Waals surface area contributed by atoms with E-state index in [1.165, 1.54) is 32.4 Å². The lowest BCUT2D eigenvalue weighted by Gasteiger charge is -2.36. The summed E-state index contributed by atoms with van der Waals surface area (Å²) in [5.41, 5.74) is 0. The van der Waals surface area contributed by atoms with Crippen molar-refractivity contribution >= 4 is 43.2 Å². The minimum absolute atomic E-state index is 0.503. The molecule has 0 spiro atoms. The lowest BCUT2D eigenvalue weighted by molar-refractivity contribution is 0.182. The van der Waals surface area contributed by atoms with Gasteiger partial charge in [0.1, 0.15) is 0 Å². The minimum atomic E-state index is 0.503. The van der Waals surface area contributed by atoms with Crippen LogP contribution >= 0.6 is 43.2 Å². The van der Waals surface area contributed by atoms with Crippen LogP contribution in [0.3, 0.4) is 0 Å². The zero-order valence-corrected chi connectivity index (χ0v) is 15.2. The van der Waals surface area contributed by atoms with E-state index >= 15 is 0 Å². The van der Waals surface area contributed by atoms with Gasteiger partial charge in [-0.1, -0.05) is 13.8 Å². The van der Waals surface area contributed by atoms with Gasteiger partial charge in [-0.3, -0.25) is 0 Å². The van der Waals surface area contributed by atoms with E-state index in [9.17, 15) is 0 Å². The summed E-state index contributed by atoms with van der Waals surface area (Å²) in [5.74, 6) is 2.49. The molecule has 1 nitrogen and oxygen atoms in total. The summed E-state index contributed by atoms with van der Waals surface area (Å²) < 4.78 is 2.38. The van der Waals surface area contributed by atoms with Gasteiger partial charge in [0.2, 0.25) is 0 Å². The van der Waals surface area contributed by atoms with Crippen LogP contribution in [0.1, 0.15) is 44.0 Å². The Labute approximate surface area is 131 Å². The highest BCUT2D eigenvalue weighted by atomic mass is 79.9. The normalized spacial score (nSPS) is 30.4. The van der Waals surface area contributed by atoms with Crippen molar-refractivity contribution in [2.45, 2.75) is 39.2 Å². The monoisotopic (exact) mass is 393 g/mol. The Hall–Kier alpha value is 0.620. The van der Waals surface area contributed by atoms with Crippen LogP contribution in [0, 0.1) is 17.8 Å². The van der Waals surface area contributed by atoms with Gasteiger partial charge in [-0.05, 0) is 82.0 Å². The maximum Gasteiger partial charge on any atom is 0.0843 e. The molecule has 1 fully saturated rings. The third-order valence-electron chi connectivity index (χ3n) is 3.97. The molecule has 1 aliphatic carbocycles. The zero-order valence-electron chi connectivity index (χ0n) is 11.2. The highest BCUT2D eigenvalue weighted by Gasteiger charge is 2.31. The number of nitrogens with one attached hydrogen (secondary N) is 1. The molecule has 0 aromatic carbocycles. The Morgan fingerprint density at radius 2 is 1.83 bits per heavy atom. The Balaban J connectivity index is 2.17. The molecule has 4 heteroatoms. The van der Waals surface area contributed by atoms with E-state index in [2.05, 4.69) is 64.1 Å². The van der Waals surface area contributed by atoms with Gasteiger partial charge >= 0.3 is 0 Å². The third-order valence-corrected chi connectivity index (χ3v) is 7.31. The van der Waals surface area contributed by atoms with Crippen molar-refractivity contribution in [1.82, 2.24) is 5.32 Å². The number of halogens is 2. The second-order valence-corrected chi connectivity index (χ2v) is 8.97. The van der Waals surface area contributed by atoms with Gasteiger partial charge in [-0.15, -0.1) is 11.3 Å². The van der Waals surface area contributed by atoms with E-state index in [1.54, 1.807) is 0 Å². The number of rotatable bonds is 3. The largest absolute Gasteiger partial charge is 0.312 e. The maximum absolute atomic E-state index is 3.61. The summed E-state index contributed by atoms with van der Waals surface area (Å²) in [4.78, 5) is 1.45. The maximum atomic E-state index is 3.61. The summed E-state index contributed by atoms with van der Waals surface area (Å²) in [6, 6.07) is 2.77. The lowest BCUT2D eigenvalue weighted by atomic mass is 9.73. The van der Waals surface area contributed by atoms with Crippen LogP contribution in [0.25, 0.3) is 0 Å². The second kappa shape index (κ2) is 6.38. The molecule has 1 aromatic rings. The standard InChI is InChI=1S/C14H21Br2NS/c1-8-4-9(2)6-10(5-8)13(17-3)12-7-11(15)14(16)18-12/h7-10,13,17H,4-6H2,1-3H3. The average Bonchev–Trinajstić information content (AvgIpc) is 2.58. The van der Waals surface area contributed by atoms with Crippen LogP contribution in [-0.4, -0.2) is 7.05 Å². The Morgan fingerprint density at radius 3 is 2.28 bits per heavy atom. The molecule has 0 amide bonds. The predicted molar refractivity (Wildman–Crippen MR) is 87.2 cm³/mol. The molecule has 2 rings (SSSR count). The SMILES string of the molecule is CNC(c1cc(Br)c(Br)s1)C1CC(C)CC(C)C1.